The Hall–Kier alpha value is -1.84. The minimum absolute atomic E-state index is 0.103. The number of carbonyl (C=O) groups excluding carboxylic acids is 1. The lowest BCUT2D eigenvalue weighted by Gasteiger charge is -2.35. The van der Waals surface area contributed by atoms with Crippen LogP contribution in [0, 0.1) is 0 Å². The highest BCUT2D eigenvalue weighted by molar-refractivity contribution is 5.95. The third-order valence-electron chi connectivity index (χ3n) is 3.79. The molecule has 2 rings (SSSR count). The maximum atomic E-state index is 12.6. The van der Waals surface area contributed by atoms with Gasteiger partial charge in [-0.3, -0.25) is 9.78 Å². The Kier molecular flexibility index (Phi) is 5.16. The summed E-state index contributed by atoms with van der Waals surface area (Å²) in [5.74, 6) is 0.103. The monoisotopic (exact) mass is 273 g/mol. The summed E-state index contributed by atoms with van der Waals surface area (Å²) < 4.78 is 0. The first-order valence-corrected chi connectivity index (χ1v) is 7.37. The van der Waals surface area contributed by atoms with Crippen LogP contribution in [0.25, 0.3) is 0 Å². The van der Waals surface area contributed by atoms with Crippen molar-refractivity contribution in [3.05, 3.63) is 36.7 Å². The van der Waals surface area contributed by atoms with Crippen molar-refractivity contribution in [3.63, 3.8) is 0 Å². The molecular weight excluding hydrogens is 250 g/mol. The maximum absolute atomic E-state index is 12.6. The fourth-order valence-electron chi connectivity index (χ4n) is 2.70. The highest BCUT2D eigenvalue weighted by Crippen LogP contribution is 2.22. The Morgan fingerprint density at radius 3 is 3.15 bits per heavy atom. The second-order valence-corrected chi connectivity index (χ2v) is 5.19. The number of carbonyl (C=O) groups is 1. The standard InChI is InChI=1S/C16H23N3O/c1-3-8-18-14-10-13(11-17-12-14)16(20)19-9-6-5-7-15(19)4-2/h3,10-12,15,18H,1,4-9H2,2H3. The van der Waals surface area contributed by atoms with Crippen LogP contribution in [-0.4, -0.2) is 34.9 Å². The largest absolute Gasteiger partial charge is 0.380 e. The van der Waals surface area contributed by atoms with E-state index in [9.17, 15) is 4.79 Å². The van der Waals surface area contributed by atoms with E-state index < -0.39 is 0 Å². The topological polar surface area (TPSA) is 45.2 Å². The number of anilines is 1. The van der Waals surface area contributed by atoms with Crippen molar-refractivity contribution in [2.24, 2.45) is 0 Å². The van der Waals surface area contributed by atoms with Gasteiger partial charge in [0.05, 0.1) is 11.3 Å². The number of nitrogens with one attached hydrogen (secondary N) is 1. The maximum Gasteiger partial charge on any atom is 0.255 e. The summed E-state index contributed by atoms with van der Waals surface area (Å²) in [5.41, 5.74) is 1.53. The molecule has 1 aliphatic heterocycles. The highest BCUT2D eigenvalue weighted by Gasteiger charge is 2.26. The first-order chi connectivity index (χ1) is 9.76. The normalized spacial score (nSPS) is 18.6. The summed E-state index contributed by atoms with van der Waals surface area (Å²) in [6.45, 7) is 7.35. The van der Waals surface area contributed by atoms with Gasteiger partial charge in [0.25, 0.3) is 5.91 Å². The summed E-state index contributed by atoms with van der Waals surface area (Å²) in [6, 6.07) is 2.25. The van der Waals surface area contributed by atoms with Crippen molar-refractivity contribution >= 4 is 11.6 Å². The van der Waals surface area contributed by atoms with E-state index in [0.29, 0.717) is 18.2 Å². The molecular formula is C16H23N3O. The molecule has 1 N–H and O–H groups in total. The van der Waals surface area contributed by atoms with Crippen LogP contribution in [0.5, 0.6) is 0 Å². The number of aromatic nitrogens is 1. The summed E-state index contributed by atoms with van der Waals surface area (Å²) in [4.78, 5) is 18.8. The molecule has 0 saturated carbocycles. The van der Waals surface area contributed by atoms with E-state index in [1.165, 1.54) is 6.42 Å². The number of likely N-dealkylation sites (tertiary alicyclic amines) is 1. The number of rotatable bonds is 5. The van der Waals surface area contributed by atoms with E-state index in [2.05, 4.69) is 23.8 Å². The molecule has 1 atom stereocenters. The molecule has 108 valence electrons. The van der Waals surface area contributed by atoms with Crippen LogP contribution < -0.4 is 5.32 Å². The molecule has 2 heterocycles. The number of nitrogens with zero attached hydrogens (tertiary/aromatic N) is 2. The van der Waals surface area contributed by atoms with E-state index >= 15 is 0 Å². The third-order valence-corrected chi connectivity index (χ3v) is 3.79. The molecule has 1 aromatic heterocycles. The number of hydrogen-bond donors (Lipinski definition) is 1. The van der Waals surface area contributed by atoms with E-state index in [0.717, 1.165) is 31.5 Å². The first kappa shape index (κ1) is 14.6. The van der Waals surface area contributed by atoms with E-state index in [4.69, 9.17) is 0 Å². The zero-order valence-corrected chi connectivity index (χ0v) is 12.1. The van der Waals surface area contributed by atoms with Gasteiger partial charge in [-0.25, -0.2) is 0 Å². The average molecular weight is 273 g/mol. The second kappa shape index (κ2) is 7.08. The predicted molar refractivity (Wildman–Crippen MR) is 81.9 cm³/mol. The lowest BCUT2D eigenvalue weighted by Crippen LogP contribution is -2.43. The molecule has 4 heteroatoms. The number of hydrogen-bond acceptors (Lipinski definition) is 3. The Bertz CT molecular complexity index is 473. The van der Waals surface area contributed by atoms with Gasteiger partial charge in [-0.2, -0.15) is 0 Å². The Balaban J connectivity index is 2.13. The van der Waals surface area contributed by atoms with Gasteiger partial charge in [-0.15, -0.1) is 6.58 Å². The van der Waals surface area contributed by atoms with Crippen molar-refractivity contribution in [1.82, 2.24) is 9.88 Å². The van der Waals surface area contributed by atoms with E-state index in [-0.39, 0.29) is 5.91 Å². The highest BCUT2D eigenvalue weighted by atomic mass is 16.2. The van der Waals surface area contributed by atoms with Crippen LogP contribution >= 0.6 is 0 Å². The van der Waals surface area contributed by atoms with Gasteiger partial charge in [0.2, 0.25) is 0 Å². The van der Waals surface area contributed by atoms with Gasteiger partial charge in [0, 0.05) is 31.5 Å². The van der Waals surface area contributed by atoms with Crippen LogP contribution in [-0.2, 0) is 0 Å². The minimum Gasteiger partial charge on any atom is -0.380 e. The smallest absolute Gasteiger partial charge is 0.255 e. The van der Waals surface area contributed by atoms with Crippen molar-refractivity contribution in [3.8, 4) is 0 Å². The van der Waals surface area contributed by atoms with Crippen LogP contribution in [0.15, 0.2) is 31.1 Å². The molecule has 0 aliphatic carbocycles. The number of pyridine rings is 1. The molecule has 0 radical (unpaired) electrons. The fourth-order valence-corrected chi connectivity index (χ4v) is 2.70. The van der Waals surface area contributed by atoms with E-state index in [1.807, 2.05) is 11.0 Å². The average Bonchev–Trinajstić information content (AvgIpc) is 2.52. The molecule has 0 spiro atoms. The molecule has 1 fully saturated rings. The molecule has 1 aromatic rings. The van der Waals surface area contributed by atoms with Crippen molar-refractivity contribution < 1.29 is 4.79 Å². The summed E-state index contributed by atoms with van der Waals surface area (Å²) in [7, 11) is 0. The van der Waals surface area contributed by atoms with Crippen LogP contribution in [0.1, 0.15) is 43.0 Å². The van der Waals surface area contributed by atoms with Gasteiger partial charge < -0.3 is 10.2 Å². The van der Waals surface area contributed by atoms with Gasteiger partial charge in [-0.1, -0.05) is 13.0 Å². The second-order valence-electron chi connectivity index (χ2n) is 5.19. The zero-order chi connectivity index (χ0) is 14.4. The van der Waals surface area contributed by atoms with Crippen molar-refractivity contribution in [1.29, 1.82) is 0 Å². The Morgan fingerprint density at radius 1 is 1.55 bits per heavy atom. The lowest BCUT2D eigenvalue weighted by atomic mass is 9.99. The summed E-state index contributed by atoms with van der Waals surface area (Å²) >= 11 is 0. The lowest BCUT2D eigenvalue weighted by molar-refractivity contribution is 0.0607. The van der Waals surface area contributed by atoms with Gasteiger partial charge in [-0.05, 0) is 31.7 Å². The van der Waals surface area contributed by atoms with E-state index in [1.54, 1.807) is 18.5 Å². The third kappa shape index (κ3) is 3.38. The molecule has 1 unspecified atom stereocenters. The van der Waals surface area contributed by atoms with Crippen LogP contribution in [0.4, 0.5) is 5.69 Å². The molecule has 1 aliphatic rings. The van der Waals surface area contributed by atoms with Gasteiger partial charge >= 0.3 is 0 Å². The number of piperidine rings is 1. The predicted octanol–water partition coefficient (Wildman–Crippen LogP) is 3.08. The SMILES string of the molecule is C=CCNc1cncc(C(=O)N2CCCCC2CC)c1. The molecule has 1 saturated heterocycles. The first-order valence-electron chi connectivity index (χ1n) is 7.37. The van der Waals surface area contributed by atoms with Crippen molar-refractivity contribution in [2.45, 2.75) is 38.6 Å². The molecule has 0 bridgehead atoms. The molecule has 0 aromatic carbocycles. The fraction of sp³-hybridized carbons (Fsp3) is 0.500. The minimum atomic E-state index is 0.103. The zero-order valence-electron chi connectivity index (χ0n) is 12.1. The van der Waals surface area contributed by atoms with Gasteiger partial charge in [0.1, 0.15) is 0 Å². The van der Waals surface area contributed by atoms with Crippen molar-refractivity contribution in [2.75, 3.05) is 18.4 Å². The Labute approximate surface area is 120 Å². The molecule has 1 amide bonds. The molecule has 20 heavy (non-hydrogen) atoms. The summed E-state index contributed by atoms with van der Waals surface area (Å²) in [5, 5.41) is 3.17. The molecule has 4 nitrogen and oxygen atoms in total. The Morgan fingerprint density at radius 2 is 2.40 bits per heavy atom. The van der Waals surface area contributed by atoms with Gasteiger partial charge in [0.15, 0.2) is 0 Å². The summed E-state index contributed by atoms with van der Waals surface area (Å²) in [6.07, 6.45) is 9.63. The quantitative estimate of drug-likeness (QED) is 0.839. The van der Waals surface area contributed by atoms with Crippen LogP contribution in [0.2, 0.25) is 0 Å². The number of amides is 1. The van der Waals surface area contributed by atoms with Crippen LogP contribution in [0.3, 0.4) is 0 Å².